The van der Waals surface area contributed by atoms with Crippen molar-refractivity contribution >= 4 is 23.4 Å². The number of carboxylic acids is 1. The summed E-state index contributed by atoms with van der Waals surface area (Å²) in [5.74, 6) is -4.23. The van der Waals surface area contributed by atoms with Gasteiger partial charge in [0.25, 0.3) is 5.78 Å². The molecule has 0 atom stereocenters. The molecule has 126 valence electrons. The molecule has 0 saturated carbocycles. The molecule has 0 spiro atoms. The van der Waals surface area contributed by atoms with Crippen LogP contribution in [0, 0.1) is 0 Å². The Morgan fingerprint density at radius 3 is 2.12 bits per heavy atom. The lowest BCUT2D eigenvalue weighted by Gasteiger charge is -2.13. The number of halogens is 4. The van der Waals surface area contributed by atoms with Gasteiger partial charge in [0.2, 0.25) is 0 Å². The Hall–Kier alpha value is -2.74. The topological polar surface area (TPSA) is 72.8 Å². The van der Waals surface area contributed by atoms with Crippen molar-refractivity contribution in [3.63, 3.8) is 0 Å². The summed E-state index contributed by atoms with van der Waals surface area (Å²) in [5.41, 5.74) is -0.747. The highest BCUT2D eigenvalue weighted by Crippen LogP contribution is 2.32. The van der Waals surface area contributed by atoms with Crippen LogP contribution in [-0.2, 0) is 4.79 Å². The third kappa shape index (κ3) is 4.63. The molecule has 5 nitrogen and oxygen atoms in total. The first kappa shape index (κ1) is 17.6. The molecule has 0 heterocycles. The van der Waals surface area contributed by atoms with E-state index in [0.717, 1.165) is 18.2 Å². The molecule has 2 aromatic carbocycles. The second-order valence-corrected chi connectivity index (χ2v) is 4.83. The van der Waals surface area contributed by atoms with Crippen LogP contribution in [0.4, 0.5) is 13.2 Å². The second-order valence-electron chi connectivity index (χ2n) is 4.40. The fourth-order valence-electron chi connectivity index (χ4n) is 1.72. The lowest BCUT2D eigenvalue weighted by atomic mass is 10.1. The van der Waals surface area contributed by atoms with Gasteiger partial charge in [-0.05, 0) is 36.4 Å². The maximum atomic E-state index is 12.5. The number of carbonyl (C=O) groups excluding carboxylic acids is 1. The van der Waals surface area contributed by atoms with Crippen LogP contribution in [0.3, 0.4) is 0 Å². The third-order valence-electron chi connectivity index (χ3n) is 2.67. The van der Waals surface area contributed by atoms with Crippen LogP contribution in [-0.4, -0.2) is 23.2 Å². The number of hydrogen-bond donors (Lipinski definition) is 1. The molecule has 0 bridgehead atoms. The normalized spacial score (nSPS) is 11.0. The fraction of sp³-hybridized carbons (Fsp3) is 0.0667. The lowest BCUT2D eigenvalue weighted by molar-refractivity contribution is -0.274. The highest BCUT2D eigenvalue weighted by molar-refractivity contribution is 6.40. The summed E-state index contributed by atoms with van der Waals surface area (Å²) in [6.07, 6.45) is -5.10. The number of rotatable bonds is 5. The molecular formula is C15H8ClF3O5. The average Bonchev–Trinajstić information content (AvgIpc) is 2.47. The second kappa shape index (κ2) is 6.79. The fourth-order valence-corrected chi connectivity index (χ4v) is 1.84. The Morgan fingerprint density at radius 2 is 1.58 bits per heavy atom. The number of alkyl halides is 3. The summed E-state index contributed by atoms with van der Waals surface area (Å²) in [6.45, 7) is 0. The number of benzene rings is 2. The van der Waals surface area contributed by atoms with E-state index in [1.807, 2.05) is 0 Å². The molecule has 24 heavy (non-hydrogen) atoms. The SMILES string of the molecule is O=C(O)C(=O)c1ccc(Oc2ccc(Cl)cc2)cc1OC(F)(F)F. The van der Waals surface area contributed by atoms with Crippen molar-refractivity contribution in [3.05, 3.63) is 53.1 Å². The molecule has 0 saturated heterocycles. The summed E-state index contributed by atoms with van der Waals surface area (Å²) in [6, 6.07) is 8.76. The van der Waals surface area contributed by atoms with Crippen molar-refractivity contribution in [2.75, 3.05) is 0 Å². The smallest absolute Gasteiger partial charge is 0.475 e. The van der Waals surface area contributed by atoms with Crippen LogP contribution in [0.2, 0.25) is 5.02 Å². The van der Waals surface area contributed by atoms with Crippen LogP contribution in [0.25, 0.3) is 0 Å². The zero-order valence-electron chi connectivity index (χ0n) is 11.6. The lowest BCUT2D eigenvalue weighted by Crippen LogP contribution is -2.21. The van der Waals surface area contributed by atoms with Gasteiger partial charge in [-0.1, -0.05) is 11.6 Å². The van der Waals surface area contributed by atoms with E-state index in [-0.39, 0.29) is 11.5 Å². The largest absolute Gasteiger partial charge is 0.573 e. The maximum absolute atomic E-state index is 12.5. The summed E-state index contributed by atoms with van der Waals surface area (Å²) < 4.78 is 46.4. The zero-order chi connectivity index (χ0) is 17.9. The number of aliphatic carboxylic acids is 1. The molecule has 1 N–H and O–H groups in total. The van der Waals surface area contributed by atoms with Crippen LogP contribution in [0.15, 0.2) is 42.5 Å². The molecular weight excluding hydrogens is 353 g/mol. The molecule has 0 radical (unpaired) electrons. The van der Waals surface area contributed by atoms with E-state index in [4.69, 9.17) is 21.4 Å². The third-order valence-corrected chi connectivity index (χ3v) is 2.92. The predicted octanol–water partition coefficient (Wildman–Crippen LogP) is 4.30. The van der Waals surface area contributed by atoms with Gasteiger partial charge in [-0.3, -0.25) is 4.79 Å². The molecule has 0 unspecified atom stereocenters. The molecule has 0 fully saturated rings. The Balaban J connectivity index is 2.37. The first-order valence-corrected chi connectivity index (χ1v) is 6.64. The van der Waals surface area contributed by atoms with E-state index >= 15 is 0 Å². The summed E-state index contributed by atoms with van der Waals surface area (Å²) in [7, 11) is 0. The molecule has 0 aliphatic carbocycles. The minimum atomic E-state index is -5.10. The number of hydrogen-bond acceptors (Lipinski definition) is 4. The van der Waals surface area contributed by atoms with Crippen molar-refractivity contribution < 1.29 is 37.3 Å². The summed E-state index contributed by atoms with van der Waals surface area (Å²) in [4.78, 5) is 22.2. The molecule has 2 aromatic rings. The number of ketones is 1. The highest BCUT2D eigenvalue weighted by Gasteiger charge is 2.34. The quantitative estimate of drug-likeness (QED) is 0.635. The summed E-state index contributed by atoms with van der Waals surface area (Å²) in [5, 5.41) is 9.09. The first-order valence-electron chi connectivity index (χ1n) is 6.26. The van der Waals surface area contributed by atoms with Gasteiger partial charge in [0, 0.05) is 11.1 Å². The van der Waals surface area contributed by atoms with Crippen LogP contribution in [0.5, 0.6) is 17.2 Å². The van der Waals surface area contributed by atoms with Crippen molar-refractivity contribution in [2.45, 2.75) is 6.36 Å². The predicted molar refractivity (Wildman–Crippen MR) is 76.6 cm³/mol. The van der Waals surface area contributed by atoms with Gasteiger partial charge in [-0.25, -0.2) is 4.79 Å². The standard InChI is InChI=1S/C15H8ClF3O5/c16-8-1-3-9(4-2-8)23-10-5-6-11(13(20)14(21)22)12(7-10)24-15(17,18)19/h1-7H,(H,21,22). The molecule has 9 heteroatoms. The Labute approximate surface area is 138 Å². The van der Waals surface area contributed by atoms with E-state index in [0.29, 0.717) is 5.02 Å². The molecule has 0 aliphatic heterocycles. The first-order chi connectivity index (χ1) is 11.2. The monoisotopic (exact) mass is 360 g/mol. The molecule has 0 aliphatic rings. The van der Waals surface area contributed by atoms with E-state index in [1.165, 1.54) is 24.3 Å². The van der Waals surface area contributed by atoms with Gasteiger partial charge >= 0.3 is 12.3 Å². The Bertz CT molecular complexity index is 772. The van der Waals surface area contributed by atoms with Crippen molar-refractivity contribution in [3.8, 4) is 17.2 Å². The summed E-state index contributed by atoms with van der Waals surface area (Å²) >= 11 is 5.70. The average molecular weight is 361 g/mol. The molecule has 0 aromatic heterocycles. The van der Waals surface area contributed by atoms with Crippen molar-refractivity contribution in [2.24, 2.45) is 0 Å². The zero-order valence-corrected chi connectivity index (χ0v) is 12.4. The van der Waals surface area contributed by atoms with E-state index in [2.05, 4.69) is 4.74 Å². The van der Waals surface area contributed by atoms with Crippen LogP contribution >= 0.6 is 11.6 Å². The number of carbonyl (C=O) groups is 2. The van der Waals surface area contributed by atoms with Gasteiger partial charge < -0.3 is 14.6 Å². The van der Waals surface area contributed by atoms with Crippen LogP contribution < -0.4 is 9.47 Å². The minimum absolute atomic E-state index is 0.0847. The molecule has 2 rings (SSSR count). The van der Waals surface area contributed by atoms with E-state index in [9.17, 15) is 22.8 Å². The maximum Gasteiger partial charge on any atom is 0.573 e. The minimum Gasteiger partial charge on any atom is -0.475 e. The van der Waals surface area contributed by atoms with Gasteiger partial charge in [0.05, 0.1) is 5.56 Å². The number of carboxylic acid groups (broad SMARTS) is 1. The van der Waals surface area contributed by atoms with Gasteiger partial charge in [0.1, 0.15) is 17.2 Å². The van der Waals surface area contributed by atoms with Crippen LogP contribution in [0.1, 0.15) is 10.4 Å². The number of Topliss-reactive ketones (excluding diaryl/α,β-unsaturated/α-hetero) is 1. The molecule has 0 amide bonds. The van der Waals surface area contributed by atoms with Crippen molar-refractivity contribution in [1.82, 2.24) is 0 Å². The number of ether oxygens (including phenoxy) is 2. The van der Waals surface area contributed by atoms with E-state index < -0.39 is 29.4 Å². The Morgan fingerprint density at radius 1 is 1.00 bits per heavy atom. The van der Waals surface area contributed by atoms with Gasteiger partial charge in [-0.2, -0.15) is 0 Å². The van der Waals surface area contributed by atoms with E-state index in [1.54, 1.807) is 0 Å². The Kier molecular flexibility index (Phi) is 4.99. The van der Waals surface area contributed by atoms with Gasteiger partial charge in [-0.15, -0.1) is 13.2 Å². The highest BCUT2D eigenvalue weighted by atomic mass is 35.5. The van der Waals surface area contributed by atoms with Gasteiger partial charge in [0.15, 0.2) is 0 Å². The van der Waals surface area contributed by atoms with Crippen molar-refractivity contribution in [1.29, 1.82) is 0 Å².